The lowest BCUT2D eigenvalue weighted by Gasteiger charge is -2.50. The van der Waals surface area contributed by atoms with Crippen LogP contribution < -0.4 is 31.3 Å². The highest BCUT2D eigenvalue weighted by Crippen LogP contribution is 2.40. The monoisotopic (exact) mass is 1520 g/mol. The molecule has 14 bridgehead atoms. The van der Waals surface area contributed by atoms with Crippen LogP contribution in [0.25, 0.3) is 0 Å². The number of halogens is 3. The van der Waals surface area contributed by atoms with E-state index in [0.717, 1.165) is 0 Å². The Morgan fingerprint density at radius 1 is 0.267 bits per heavy atom. The zero-order chi connectivity index (χ0) is 72.7. The molecule has 24 rings (SSSR count). The Morgan fingerprint density at radius 3 is 0.604 bits per heavy atom. The van der Waals surface area contributed by atoms with Crippen molar-refractivity contribution in [2.45, 2.75) is 215 Å². The number of nitrogens with one attached hydrogen (secondary N) is 3. The molecule has 50 heteroatoms. The summed E-state index contributed by atoms with van der Waals surface area (Å²) < 4.78 is 99.4. The molecule has 21 aliphatic heterocycles. The summed E-state index contributed by atoms with van der Waals surface area (Å²) in [6, 6.07) is -2.29. The molecule has 21 N–H and O–H groups in total. The normalized spacial score (nSPS) is 44.8. The molecule has 21 fully saturated rings. The van der Waals surface area contributed by atoms with Crippen LogP contribution in [0.4, 0.5) is 0 Å². The van der Waals surface area contributed by atoms with Crippen LogP contribution in [0.3, 0.4) is 0 Å². The van der Waals surface area contributed by atoms with Crippen LogP contribution in [-0.4, -0.2) is 398 Å². The van der Waals surface area contributed by atoms with Gasteiger partial charge in [0.05, 0.1) is 26.4 Å². The topological polar surface area (TPSA) is 697 Å². The van der Waals surface area contributed by atoms with E-state index in [0.29, 0.717) is 0 Å². The molecule has 3 aromatic heterocycles. The van der Waals surface area contributed by atoms with Crippen molar-refractivity contribution in [2.24, 2.45) is 0 Å². The molecule has 0 spiro atoms. The Bertz CT molecular complexity index is 3340. The molecule has 24 heterocycles. The molecule has 101 heavy (non-hydrogen) atoms. The summed E-state index contributed by atoms with van der Waals surface area (Å²) >= 11 is 17.8. The third-order valence-electron chi connectivity index (χ3n) is 17.2. The van der Waals surface area contributed by atoms with E-state index >= 15 is 0 Å². The number of hydrogen-bond acceptors (Lipinski definition) is 44. The highest BCUT2D eigenvalue weighted by atomic mass is 35.5. The Hall–Kier alpha value is -4.58. The van der Waals surface area contributed by atoms with Gasteiger partial charge in [0.2, 0.25) is 15.9 Å². The molecule has 0 amide bonds. The van der Waals surface area contributed by atoms with Gasteiger partial charge in [-0.15, -0.1) is 15.0 Å². The lowest BCUT2D eigenvalue weighted by molar-refractivity contribution is -0.396. The van der Waals surface area contributed by atoms with E-state index < -0.39 is 312 Å². The SMILES string of the molecule is O=c1nc(OC[C@H]2O[C@@H]3O[C@H]4[C@H](O)[C@@H](O)[C@@H](O[C@H]5[C@H](O)[C@@H](O)[C@@H](O[C@H]6[C@H](O)[C@@H](O)[C@@H](O[C@H]7[C@H](O)[C@@H](O)[C@@H](O[C@H]8[C@H](O)[C@@H](O)[C@@H](O[C@H]9[C@H](O)[C@@H](O)[C@@H](O[C@H]2[C@H](O)[C@H]3O)O[C@@H]9CO)O[C@@H]8CO)O[C@@H]7CO)O[C@@H]6CO)O[C@@H]5COc2nc(Cl)[nH]c(=O)n2)O[C@@H]4COc2nc(Cl)[nH]c(=O)n2)nc(Cl)[nH]1. The smallest absolute Gasteiger partial charge is 0.351 e. The highest BCUT2D eigenvalue weighted by Gasteiger charge is 2.60. The Morgan fingerprint density at radius 2 is 0.436 bits per heavy atom. The van der Waals surface area contributed by atoms with Gasteiger partial charge in [0.25, 0.3) is 0 Å². The first-order valence-electron chi connectivity index (χ1n) is 30.5. The first kappa shape index (κ1) is 77.5. The van der Waals surface area contributed by atoms with Gasteiger partial charge in [-0.1, -0.05) is 0 Å². The second kappa shape index (κ2) is 33.1. The van der Waals surface area contributed by atoms with Gasteiger partial charge in [0, 0.05) is 0 Å². The molecular formula is C51H70Cl3N9O38. The van der Waals surface area contributed by atoms with Crippen LogP contribution in [0.2, 0.25) is 15.9 Å². The average molecular weight is 1520 g/mol. The summed E-state index contributed by atoms with van der Waals surface area (Å²) in [4.78, 5) is 65.0. The molecule has 0 aliphatic carbocycles. The van der Waals surface area contributed by atoms with Crippen molar-refractivity contribution in [3.8, 4) is 18.0 Å². The fourth-order valence-corrected chi connectivity index (χ4v) is 12.5. The van der Waals surface area contributed by atoms with Gasteiger partial charge in [-0.25, -0.2) is 14.4 Å². The molecule has 0 unspecified atom stereocenters. The van der Waals surface area contributed by atoms with Crippen LogP contribution in [0.15, 0.2) is 14.4 Å². The van der Waals surface area contributed by atoms with E-state index in [9.17, 15) is 106 Å². The van der Waals surface area contributed by atoms with Crippen molar-refractivity contribution >= 4 is 34.8 Å². The van der Waals surface area contributed by atoms with E-state index in [1.165, 1.54) is 0 Å². The summed E-state index contributed by atoms with van der Waals surface area (Å²) in [5.41, 5.74) is -3.30. The summed E-state index contributed by atoms with van der Waals surface area (Å²) in [5.74, 6) is 0. The number of rotatable bonds is 13. The fourth-order valence-electron chi connectivity index (χ4n) is 12.1. The van der Waals surface area contributed by atoms with Crippen molar-refractivity contribution in [1.29, 1.82) is 0 Å². The molecule has 0 saturated carbocycles. The van der Waals surface area contributed by atoms with E-state index in [1.54, 1.807) is 0 Å². The van der Waals surface area contributed by atoms with Crippen molar-refractivity contribution < 1.29 is 172 Å². The van der Waals surface area contributed by atoms with Crippen LogP contribution in [0, 0.1) is 0 Å². The lowest BCUT2D eigenvalue weighted by Crippen LogP contribution is -2.68. The van der Waals surface area contributed by atoms with Crippen molar-refractivity contribution in [3.63, 3.8) is 0 Å². The Kier molecular flexibility index (Phi) is 25.4. The lowest BCUT2D eigenvalue weighted by atomic mass is 9.95. The zero-order valence-electron chi connectivity index (χ0n) is 51.2. The van der Waals surface area contributed by atoms with E-state index in [1.807, 2.05) is 0 Å². The Balaban J connectivity index is 0.947. The number of aromatic amines is 3. The second-order valence-corrected chi connectivity index (χ2v) is 24.8. The standard InChI is InChI=1S/C51H70Cl3N9O38/c52-43-55-46(82)61-49(58-43)85-5-12-33-20(73)27(80)41(93-12)101-35-14(7-87-51-60-45(54)57-48(84)63-51)94-42(28(81)21(35)74)100-34-13(6-86-50-59-44(53)56-47(83)62-50)92-40(26(79)19(34)72)98-32-11(4-67)90-38(24(77)17(32)70)96-30-9(2-65)88-36(22(75)15(30)68)95-29-8(1-64)89-37(23(76)16(29)69)97-31-10(3-66)91-39(99-33)25(78)18(31)71/h8-42,64-81H,1-7H2,(H,55,58,61,82)(H,56,59,62,83)(H,57,60,63,84)/t8-,9-,10-,11-,12-,13-,14-,15-,16-,17-,18-,19-,20-,21-,22-,23-,24-,25-,26-,27-,28-,29-,30-,31-,32-,33-,34-,35-,36-,37-,38-,39-,40-,41-,42-/m1/s1. The summed E-state index contributed by atoms with van der Waals surface area (Å²) in [6.45, 7) is -7.46. The first-order chi connectivity index (χ1) is 48.1. The minimum atomic E-state index is -2.44. The highest BCUT2D eigenvalue weighted by molar-refractivity contribution is 6.28. The Labute approximate surface area is 576 Å². The van der Waals surface area contributed by atoms with Gasteiger partial charge in [-0.2, -0.15) is 15.0 Å². The quantitative estimate of drug-likeness (QED) is 0.0756. The maximum atomic E-state index is 12.4. The van der Waals surface area contributed by atoms with Crippen LogP contribution in [0.5, 0.6) is 18.0 Å². The molecular weight excluding hydrogens is 1450 g/mol. The van der Waals surface area contributed by atoms with Crippen molar-refractivity contribution in [3.05, 3.63) is 47.3 Å². The number of aliphatic hydroxyl groups excluding tert-OH is 18. The van der Waals surface area contributed by atoms with Crippen LogP contribution in [-0.2, 0) is 66.3 Å². The molecule has 0 aromatic carbocycles. The molecule has 21 aliphatic rings. The van der Waals surface area contributed by atoms with Crippen molar-refractivity contribution in [1.82, 2.24) is 44.9 Å². The second-order valence-electron chi connectivity index (χ2n) is 23.7. The maximum Gasteiger partial charge on any atom is 0.351 e. The van der Waals surface area contributed by atoms with Gasteiger partial charge >= 0.3 is 35.1 Å². The van der Waals surface area contributed by atoms with Crippen molar-refractivity contribution in [2.75, 3.05) is 46.2 Å². The van der Waals surface area contributed by atoms with E-state index in [2.05, 4.69) is 44.9 Å². The third-order valence-corrected chi connectivity index (χ3v) is 17.7. The molecule has 35 atom stereocenters. The predicted octanol–water partition coefficient (Wildman–Crippen LogP) is -14.6. The largest absolute Gasteiger partial charge is 0.460 e. The number of hydrogen-bond donors (Lipinski definition) is 21. The molecule has 47 nitrogen and oxygen atoms in total. The average Bonchev–Trinajstić information content (AvgIpc) is 0.785. The minimum Gasteiger partial charge on any atom is -0.460 e. The summed E-state index contributed by atoms with van der Waals surface area (Å²) in [6.07, 6.45) is -75.8. The fraction of sp³-hybridized carbons (Fsp3) is 0.824. The molecule has 568 valence electrons. The van der Waals surface area contributed by atoms with E-state index in [-0.39, 0.29) is 0 Å². The molecule has 0 radical (unpaired) electrons. The maximum absolute atomic E-state index is 12.4. The van der Waals surface area contributed by atoms with Gasteiger partial charge < -0.3 is 172 Å². The predicted molar refractivity (Wildman–Crippen MR) is 307 cm³/mol. The number of ether oxygens (including phenoxy) is 17. The van der Waals surface area contributed by atoms with Gasteiger partial charge in [-0.05, 0) is 34.8 Å². The summed E-state index contributed by atoms with van der Waals surface area (Å²) in [7, 11) is 0. The number of aliphatic hydroxyl groups is 18. The third kappa shape index (κ3) is 16.8. The number of aromatic nitrogens is 9. The minimum absolute atomic E-state index is 0.556. The van der Waals surface area contributed by atoms with Gasteiger partial charge in [0.1, 0.15) is 191 Å². The molecule has 21 saturated heterocycles. The first-order valence-corrected chi connectivity index (χ1v) is 31.6. The number of nitrogens with zero attached hydrogens (tertiary/aromatic N) is 6. The van der Waals surface area contributed by atoms with E-state index in [4.69, 9.17) is 115 Å². The number of H-pyrrole nitrogens is 3. The van der Waals surface area contributed by atoms with Gasteiger partial charge in [0.15, 0.2) is 44.0 Å². The molecule has 3 aromatic rings. The summed E-state index contributed by atoms with van der Waals surface area (Å²) in [5, 5.41) is 205. The van der Waals surface area contributed by atoms with Crippen LogP contribution in [0.1, 0.15) is 0 Å². The van der Waals surface area contributed by atoms with Gasteiger partial charge in [-0.3, -0.25) is 15.0 Å². The zero-order valence-corrected chi connectivity index (χ0v) is 53.5. The van der Waals surface area contributed by atoms with Crippen LogP contribution >= 0.6 is 34.8 Å².